The zero-order valence-corrected chi connectivity index (χ0v) is 19.2. The van der Waals surface area contributed by atoms with E-state index in [0.29, 0.717) is 28.3 Å². The minimum atomic E-state index is -4.38. The van der Waals surface area contributed by atoms with Gasteiger partial charge in [-0.25, -0.2) is 4.98 Å². The summed E-state index contributed by atoms with van der Waals surface area (Å²) >= 11 is 6.06. The average Bonchev–Trinajstić information content (AvgIpc) is 3.11. The lowest BCUT2D eigenvalue weighted by Crippen LogP contribution is -2.49. The van der Waals surface area contributed by atoms with E-state index in [4.69, 9.17) is 11.6 Å². The van der Waals surface area contributed by atoms with Gasteiger partial charge in [-0.05, 0) is 87.2 Å². The van der Waals surface area contributed by atoms with Crippen molar-refractivity contribution in [2.24, 2.45) is 5.92 Å². The second kappa shape index (κ2) is 9.24. The Bertz CT molecular complexity index is 1080. The van der Waals surface area contributed by atoms with E-state index in [1.807, 2.05) is 12.1 Å². The van der Waals surface area contributed by atoms with Crippen LogP contribution in [0.1, 0.15) is 37.7 Å². The van der Waals surface area contributed by atoms with E-state index < -0.39 is 11.7 Å². The van der Waals surface area contributed by atoms with Gasteiger partial charge in [-0.15, -0.1) is 12.4 Å². The van der Waals surface area contributed by atoms with Crippen molar-refractivity contribution in [1.82, 2.24) is 14.5 Å². The molecule has 2 aromatic carbocycles. The van der Waals surface area contributed by atoms with Gasteiger partial charge in [-0.3, -0.25) is 0 Å². The lowest BCUT2D eigenvalue weighted by Gasteiger charge is -2.44. The minimum Gasteiger partial charge on any atom is -0.324 e. The second-order valence-corrected chi connectivity index (χ2v) is 9.19. The molecule has 2 unspecified atom stereocenters. The molecule has 172 valence electrons. The van der Waals surface area contributed by atoms with Crippen LogP contribution in [0.3, 0.4) is 0 Å². The number of halogens is 5. The molecule has 5 rings (SSSR count). The smallest absolute Gasteiger partial charge is 0.324 e. The van der Waals surface area contributed by atoms with Gasteiger partial charge in [0.15, 0.2) is 0 Å². The number of aromatic nitrogens is 2. The number of benzene rings is 2. The number of piperidine rings is 2. The Morgan fingerprint density at radius 2 is 1.72 bits per heavy atom. The molecule has 3 heterocycles. The van der Waals surface area contributed by atoms with E-state index in [-0.39, 0.29) is 12.4 Å². The zero-order valence-electron chi connectivity index (χ0n) is 17.6. The molecule has 0 radical (unpaired) electrons. The van der Waals surface area contributed by atoms with E-state index >= 15 is 0 Å². The number of fused-ring (bicyclic) bond motifs is 2. The highest BCUT2D eigenvalue weighted by atomic mass is 35.5. The third kappa shape index (κ3) is 4.50. The molecule has 0 spiro atoms. The summed E-state index contributed by atoms with van der Waals surface area (Å²) in [5.41, 5.74) is 1.34. The summed E-state index contributed by atoms with van der Waals surface area (Å²) in [6, 6.07) is 11.8. The van der Waals surface area contributed by atoms with E-state index in [1.54, 1.807) is 18.2 Å². The Morgan fingerprint density at radius 1 is 0.969 bits per heavy atom. The summed E-state index contributed by atoms with van der Waals surface area (Å²) in [7, 11) is 0. The van der Waals surface area contributed by atoms with Crippen LogP contribution in [0.15, 0.2) is 42.5 Å². The SMILES string of the molecule is Cl.FC(F)(F)c1ccc2c(c1)nc(-c1ccc(Cl)cc1)n2CC1CCCN2CCCCC12. The summed E-state index contributed by atoms with van der Waals surface area (Å²) in [5.74, 6) is 1.18. The highest BCUT2D eigenvalue weighted by Crippen LogP contribution is 2.36. The van der Waals surface area contributed by atoms with Gasteiger partial charge < -0.3 is 9.47 Å². The third-order valence-corrected chi connectivity index (χ3v) is 7.08. The Balaban J connectivity index is 0.00000245. The molecule has 0 amide bonds. The molecule has 0 N–H and O–H groups in total. The van der Waals surface area contributed by atoms with Gasteiger partial charge in [0.05, 0.1) is 16.6 Å². The van der Waals surface area contributed by atoms with Gasteiger partial charge >= 0.3 is 6.18 Å². The largest absolute Gasteiger partial charge is 0.416 e. The molecule has 2 atom stereocenters. The Hall–Kier alpha value is -1.76. The van der Waals surface area contributed by atoms with Crippen LogP contribution in [0.2, 0.25) is 5.02 Å². The Labute approximate surface area is 197 Å². The molecular formula is C24H26Cl2F3N3. The van der Waals surface area contributed by atoms with Crippen LogP contribution in [0, 0.1) is 5.92 Å². The van der Waals surface area contributed by atoms with Crippen LogP contribution in [-0.4, -0.2) is 33.6 Å². The molecule has 3 aromatic rings. The lowest BCUT2D eigenvalue weighted by molar-refractivity contribution is -0.137. The summed E-state index contributed by atoms with van der Waals surface area (Å²) in [4.78, 5) is 7.27. The minimum absolute atomic E-state index is 0. The van der Waals surface area contributed by atoms with Crippen LogP contribution in [0.4, 0.5) is 13.2 Å². The topological polar surface area (TPSA) is 21.1 Å². The van der Waals surface area contributed by atoms with Crippen molar-refractivity contribution in [3.8, 4) is 11.4 Å². The number of imidazole rings is 1. The van der Waals surface area contributed by atoms with E-state index in [9.17, 15) is 13.2 Å². The average molecular weight is 484 g/mol. The molecule has 2 fully saturated rings. The first-order valence-corrected chi connectivity index (χ1v) is 11.4. The molecule has 3 nitrogen and oxygen atoms in total. The predicted octanol–water partition coefficient (Wildman–Crippen LogP) is 7.06. The molecule has 0 aliphatic carbocycles. The molecule has 32 heavy (non-hydrogen) atoms. The van der Waals surface area contributed by atoms with Gasteiger partial charge in [-0.2, -0.15) is 13.2 Å². The van der Waals surface area contributed by atoms with Gasteiger partial charge in [-0.1, -0.05) is 18.0 Å². The molecule has 0 bridgehead atoms. The van der Waals surface area contributed by atoms with Gasteiger partial charge in [0, 0.05) is 23.2 Å². The van der Waals surface area contributed by atoms with Crippen LogP contribution in [0.25, 0.3) is 22.4 Å². The molecular weight excluding hydrogens is 458 g/mol. The highest BCUT2D eigenvalue weighted by molar-refractivity contribution is 6.30. The standard InChI is InChI=1S/C24H25ClF3N3.ClH/c25-19-9-6-16(7-10-19)23-29-20-14-18(24(26,27)28)8-11-22(20)31(23)15-17-4-3-13-30-12-2-1-5-21(17)30;/h6-11,14,17,21H,1-5,12-13,15H2;1H. The lowest BCUT2D eigenvalue weighted by atomic mass is 9.83. The second-order valence-electron chi connectivity index (χ2n) is 8.76. The number of rotatable bonds is 3. The van der Waals surface area contributed by atoms with E-state index in [0.717, 1.165) is 37.1 Å². The number of hydrogen-bond acceptors (Lipinski definition) is 2. The van der Waals surface area contributed by atoms with Crippen molar-refractivity contribution in [2.75, 3.05) is 13.1 Å². The van der Waals surface area contributed by atoms with E-state index in [2.05, 4.69) is 14.5 Å². The maximum Gasteiger partial charge on any atom is 0.416 e. The fourth-order valence-corrected chi connectivity index (χ4v) is 5.46. The Morgan fingerprint density at radius 3 is 2.47 bits per heavy atom. The number of nitrogens with zero attached hydrogens (tertiary/aromatic N) is 3. The quantitative estimate of drug-likeness (QED) is 0.397. The van der Waals surface area contributed by atoms with Crippen molar-refractivity contribution < 1.29 is 13.2 Å². The van der Waals surface area contributed by atoms with Crippen LogP contribution >= 0.6 is 24.0 Å². The van der Waals surface area contributed by atoms with Crippen molar-refractivity contribution in [3.63, 3.8) is 0 Å². The molecule has 8 heteroatoms. The zero-order chi connectivity index (χ0) is 21.6. The molecule has 0 saturated carbocycles. The summed E-state index contributed by atoms with van der Waals surface area (Å²) in [6.07, 6.45) is 1.63. The predicted molar refractivity (Wildman–Crippen MR) is 124 cm³/mol. The van der Waals surface area contributed by atoms with Crippen LogP contribution in [-0.2, 0) is 12.7 Å². The fraction of sp³-hybridized carbons (Fsp3) is 0.458. The molecule has 1 aromatic heterocycles. The first-order chi connectivity index (χ1) is 14.9. The van der Waals surface area contributed by atoms with Gasteiger partial charge in [0.1, 0.15) is 5.82 Å². The Kier molecular flexibility index (Phi) is 6.76. The molecule has 2 aliphatic heterocycles. The summed E-state index contributed by atoms with van der Waals surface area (Å²) in [5, 5.41) is 0.621. The van der Waals surface area contributed by atoms with Crippen LogP contribution in [0.5, 0.6) is 0 Å². The number of hydrogen-bond donors (Lipinski definition) is 0. The van der Waals surface area contributed by atoms with Gasteiger partial charge in [0.2, 0.25) is 0 Å². The third-order valence-electron chi connectivity index (χ3n) is 6.82. The normalized spacial score (nSPS) is 21.9. The first kappa shape index (κ1) is 23.4. The molecule has 2 aliphatic rings. The van der Waals surface area contributed by atoms with Crippen molar-refractivity contribution in [3.05, 3.63) is 53.1 Å². The maximum atomic E-state index is 13.3. The first-order valence-electron chi connectivity index (χ1n) is 11.0. The highest BCUT2D eigenvalue weighted by Gasteiger charge is 2.34. The summed E-state index contributed by atoms with van der Waals surface area (Å²) in [6.45, 7) is 3.08. The van der Waals surface area contributed by atoms with Crippen molar-refractivity contribution in [2.45, 2.75) is 50.9 Å². The fourth-order valence-electron chi connectivity index (χ4n) is 5.33. The summed E-state index contributed by atoms with van der Waals surface area (Å²) < 4.78 is 42.0. The maximum absolute atomic E-state index is 13.3. The monoisotopic (exact) mass is 483 g/mol. The molecule has 2 saturated heterocycles. The van der Waals surface area contributed by atoms with Gasteiger partial charge in [0.25, 0.3) is 0 Å². The van der Waals surface area contributed by atoms with Crippen LogP contribution < -0.4 is 0 Å². The van der Waals surface area contributed by atoms with E-state index in [1.165, 1.54) is 37.8 Å². The van der Waals surface area contributed by atoms with Crippen molar-refractivity contribution in [1.29, 1.82) is 0 Å². The number of alkyl halides is 3. The van der Waals surface area contributed by atoms with Crippen molar-refractivity contribution >= 4 is 35.0 Å².